The maximum absolute atomic E-state index is 14.3. The van der Waals surface area contributed by atoms with Crippen LogP contribution in [0.4, 0.5) is 8.78 Å². The number of rotatable bonds is 10. The normalized spacial score (nSPS) is 17.6. The van der Waals surface area contributed by atoms with Crippen molar-refractivity contribution in [3.05, 3.63) is 64.2 Å². The molecule has 2 aromatic carbocycles. The van der Waals surface area contributed by atoms with Gasteiger partial charge in [0.1, 0.15) is 11.8 Å². The molecule has 3 N–H and O–H groups in total. The van der Waals surface area contributed by atoms with E-state index in [-0.39, 0.29) is 13.0 Å². The fourth-order valence-corrected chi connectivity index (χ4v) is 4.83. The monoisotopic (exact) mass is 561 g/mol. The Labute approximate surface area is 230 Å². The van der Waals surface area contributed by atoms with Gasteiger partial charge in [0.05, 0.1) is 19.1 Å². The molecule has 0 bridgehead atoms. The van der Waals surface area contributed by atoms with Crippen LogP contribution in [-0.4, -0.2) is 71.5 Å². The number of aliphatic hydroxyl groups excluding tert-OH is 1. The minimum atomic E-state index is -3.34. The highest BCUT2D eigenvalue weighted by Crippen LogP contribution is 2.33. The van der Waals surface area contributed by atoms with Crippen molar-refractivity contribution in [1.82, 2.24) is 15.5 Å². The highest BCUT2D eigenvalue weighted by atomic mass is 35.5. The smallest absolute Gasteiger partial charge is 0.267 e. The molecule has 0 aliphatic carbocycles. The van der Waals surface area contributed by atoms with Gasteiger partial charge in [-0.15, -0.1) is 6.42 Å². The summed E-state index contributed by atoms with van der Waals surface area (Å²) in [6.07, 6.45) is 2.30. The van der Waals surface area contributed by atoms with E-state index in [1.165, 1.54) is 0 Å². The molecule has 0 radical (unpaired) electrons. The number of halogens is 3. The first-order chi connectivity index (χ1) is 18.4. The second kappa shape index (κ2) is 12.9. The molecule has 39 heavy (non-hydrogen) atoms. The lowest BCUT2D eigenvalue weighted by Gasteiger charge is -2.30. The molecule has 2 aromatic rings. The van der Waals surface area contributed by atoms with Gasteiger partial charge in [0.25, 0.3) is 17.7 Å². The summed E-state index contributed by atoms with van der Waals surface area (Å²) >= 11 is 6.04. The number of nitrogens with zero attached hydrogens (tertiary/aromatic N) is 1. The number of hydrogen-bond donors (Lipinski definition) is 3. The van der Waals surface area contributed by atoms with Crippen molar-refractivity contribution in [2.24, 2.45) is 0 Å². The van der Waals surface area contributed by atoms with Crippen LogP contribution >= 0.6 is 11.6 Å². The summed E-state index contributed by atoms with van der Waals surface area (Å²) in [5.74, 6) is -3.31. The van der Waals surface area contributed by atoms with Crippen LogP contribution in [0.15, 0.2) is 42.5 Å². The van der Waals surface area contributed by atoms with Gasteiger partial charge in [-0.2, -0.15) is 0 Å². The Balaban J connectivity index is 1.78. The molecule has 1 aliphatic heterocycles. The fraction of sp³-hybridized carbons (Fsp3) is 0.393. The largest absolute Gasteiger partial charge is 0.483 e. The lowest BCUT2D eigenvalue weighted by molar-refractivity contribution is -0.147. The van der Waals surface area contributed by atoms with Gasteiger partial charge in [0.2, 0.25) is 5.91 Å². The Morgan fingerprint density at radius 3 is 2.49 bits per heavy atom. The summed E-state index contributed by atoms with van der Waals surface area (Å²) in [5.41, 5.74) is 2.11. The molecule has 208 valence electrons. The van der Waals surface area contributed by atoms with Gasteiger partial charge in [0.15, 0.2) is 12.7 Å². The molecule has 8 nitrogen and oxygen atoms in total. The topological polar surface area (TPSA) is 108 Å². The van der Waals surface area contributed by atoms with E-state index in [2.05, 4.69) is 16.6 Å². The summed E-state index contributed by atoms with van der Waals surface area (Å²) in [6.45, 7) is 1.85. The zero-order chi connectivity index (χ0) is 28.7. The van der Waals surface area contributed by atoms with Crippen LogP contribution in [0.2, 0.25) is 5.02 Å². The number of terminal acetylenes is 1. The average Bonchev–Trinajstić information content (AvgIpc) is 3.21. The van der Waals surface area contributed by atoms with Crippen LogP contribution in [0.25, 0.3) is 0 Å². The molecule has 0 spiro atoms. The maximum atomic E-state index is 14.3. The molecular formula is C28H30ClF2N3O5. The first kappa shape index (κ1) is 29.9. The van der Waals surface area contributed by atoms with E-state index < -0.39 is 61.4 Å². The van der Waals surface area contributed by atoms with Crippen molar-refractivity contribution >= 4 is 29.3 Å². The van der Waals surface area contributed by atoms with Gasteiger partial charge < -0.3 is 25.4 Å². The molecule has 3 atom stereocenters. The number of aryl methyl sites for hydroxylation is 2. The first-order valence-corrected chi connectivity index (χ1v) is 12.6. The van der Waals surface area contributed by atoms with E-state index in [0.717, 1.165) is 0 Å². The molecule has 0 aromatic heterocycles. The Morgan fingerprint density at radius 1 is 1.23 bits per heavy atom. The first-order valence-electron chi connectivity index (χ1n) is 12.2. The van der Waals surface area contributed by atoms with E-state index >= 15 is 0 Å². The lowest BCUT2D eigenvalue weighted by atomic mass is 9.99. The number of nitrogens with one attached hydrogen (secondary N) is 2. The van der Waals surface area contributed by atoms with Crippen LogP contribution in [0.5, 0.6) is 5.75 Å². The van der Waals surface area contributed by atoms with Gasteiger partial charge in [-0.25, -0.2) is 8.78 Å². The predicted molar refractivity (Wildman–Crippen MR) is 141 cm³/mol. The lowest BCUT2D eigenvalue weighted by Crippen LogP contribution is -2.56. The summed E-state index contributed by atoms with van der Waals surface area (Å²) in [7, 11) is 0. The van der Waals surface area contributed by atoms with E-state index in [9.17, 15) is 28.3 Å². The van der Waals surface area contributed by atoms with Gasteiger partial charge in [-0.05, 0) is 49.1 Å². The number of ether oxygens (including phenoxy) is 1. The molecule has 1 fully saturated rings. The van der Waals surface area contributed by atoms with Crippen LogP contribution < -0.4 is 15.4 Å². The Morgan fingerprint density at radius 2 is 1.87 bits per heavy atom. The Hall–Kier alpha value is -3.68. The molecule has 11 heteroatoms. The number of aliphatic hydroxyl groups is 1. The minimum absolute atomic E-state index is 0.0106. The molecule has 3 rings (SSSR count). The molecule has 1 aliphatic rings. The standard InChI is InChI=1S/C28H30ClF2N3O5/c1-4-10-32-26(37)22-14-28(30,31)16-34(22)27(38)24(36)21(13-19-8-6-5-7-9-19)33-23(35)15-39-25-17(2)11-20(29)12-18(25)3/h1,5-9,11-12,21-22,24,36H,10,13-16H2,2-3H3,(H,32,37)(H,33,35)/t21-,22-,24-/m0/s1. The van der Waals surface area contributed by atoms with Crippen molar-refractivity contribution in [2.75, 3.05) is 19.7 Å². The van der Waals surface area contributed by atoms with Gasteiger partial charge in [-0.1, -0.05) is 47.9 Å². The van der Waals surface area contributed by atoms with Gasteiger partial charge in [-0.3, -0.25) is 14.4 Å². The zero-order valence-electron chi connectivity index (χ0n) is 21.5. The number of benzene rings is 2. The van der Waals surface area contributed by atoms with E-state index in [4.69, 9.17) is 22.8 Å². The Kier molecular flexibility index (Phi) is 9.89. The fourth-order valence-electron chi connectivity index (χ4n) is 4.50. The minimum Gasteiger partial charge on any atom is -0.483 e. The van der Waals surface area contributed by atoms with Crippen molar-refractivity contribution < 1.29 is 33.0 Å². The third-order valence-corrected chi connectivity index (χ3v) is 6.49. The van der Waals surface area contributed by atoms with Crippen LogP contribution in [-0.2, 0) is 20.8 Å². The predicted octanol–water partition coefficient (Wildman–Crippen LogP) is 2.41. The highest BCUT2D eigenvalue weighted by molar-refractivity contribution is 6.30. The summed E-state index contributed by atoms with van der Waals surface area (Å²) < 4.78 is 34.2. The van der Waals surface area contributed by atoms with Crippen molar-refractivity contribution in [1.29, 1.82) is 0 Å². The van der Waals surface area contributed by atoms with Gasteiger partial charge >= 0.3 is 0 Å². The number of hydrogen-bond acceptors (Lipinski definition) is 5. The summed E-state index contributed by atoms with van der Waals surface area (Å²) in [4.78, 5) is 39.2. The third kappa shape index (κ3) is 7.91. The van der Waals surface area contributed by atoms with Crippen molar-refractivity contribution in [3.8, 4) is 18.1 Å². The quantitative estimate of drug-likeness (QED) is 0.386. The molecule has 3 amide bonds. The second-order valence-electron chi connectivity index (χ2n) is 9.43. The zero-order valence-corrected chi connectivity index (χ0v) is 22.3. The second-order valence-corrected chi connectivity index (χ2v) is 9.87. The van der Waals surface area contributed by atoms with Crippen LogP contribution in [0.3, 0.4) is 0 Å². The number of amides is 3. The van der Waals surface area contributed by atoms with Crippen molar-refractivity contribution in [3.63, 3.8) is 0 Å². The van der Waals surface area contributed by atoms with Crippen LogP contribution in [0, 0.1) is 26.2 Å². The maximum Gasteiger partial charge on any atom is 0.267 e. The average molecular weight is 562 g/mol. The Bertz CT molecular complexity index is 1230. The number of carbonyl (C=O) groups is 3. The molecule has 0 saturated carbocycles. The van der Waals surface area contributed by atoms with Gasteiger partial charge in [0, 0.05) is 11.4 Å². The molecule has 0 unspecified atom stereocenters. The number of likely N-dealkylation sites (tertiary alicyclic amines) is 1. The molecule has 1 saturated heterocycles. The van der Waals surface area contributed by atoms with E-state index in [1.807, 2.05) is 0 Å². The van der Waals surface area contributed by atoms with Crippen molar-refractivity contribution in [2.45, 2.75) is 50.8 Å². The molecule has 1 heterocycles. The SMILES string of the molecule is C#CCNC(=O)[C@@H]1CC(F)(F)CN1C(=O)[C@@H](O)[C@H](Cc1ccccc1)NC(=O)COc1c(C)cc(Cl)cc1C. The summed E-state index contributed by atoms with van der Waals surface area (Å²) in [5, 5.41) is 16.4. The number of alkyl halides is 2. The highest BCUT2D eigenvalue weighted by Gasteiger charge is 2.51. The van der Waals surface area contributed by atoms with E-state index in [1.54, 1.807) is 56.3 Å². The number of carbonyl (C=O) groups excluding carboxylic acids is 3. The third-order valence-electron chi connectivity index (χ3n) is 6.27. The van der Waals surface area contributed by atoms with E-state index in [0.29, 0.717) is 32.4 Å². The van der Waals surface area contributed by atoms with Crippen LogP contribution in [0.1, 0.15) is 23.1 Å². The molecular weight excluding hydrogens is 532 g/mol. The summed E-state index contributed by atoms with van der Waals surface area (Å²) in [6, 6.07) is 9.36.